The van der Waals surface area contributed by atoms with Gasteiger partial charge in [0.1, 0.15) is 5.82 Å². The monoisotopic (exact) mass is 601 g/mol. The van der Waals surface area contributed by atoms with E-state index in [9.17, 15) is 10.1 Å². The molecule has 3 aromatic rings. The fraction of sp³-hybridized carbons (Fsp3) is 0.294. The van der Waals surface area contributed by atoms with Crippen molar-refractivity contribution in [3.05, 3.63) is 121 Å². The van der Waals surface area contributed by atoms with Gasteiger partial charge in [-0.05, 0) is 71.7 Å². The zero-order valence-corrected chi connectivity index (χ0v) is 26.1. The summed E-state index contributed by atoms with van der Waals surface area (Å²) in [5.41, 5.74) is 14.7. The third-order valence-corrected chi connectivity index (χ3v) is 9.38. The van der Waals surface area contributed by atoms with Gasteiger partial charge in [-0.3, -0.25) is 9.69 Å². The topological polar surface area (TPSA) is 70.1 Å². The second-order valence-electron chi connectivity index (χ2n) is 11.7. The van der Waals surface area contributed by atoms with E-state index in [4.69, 9.17) is 28.9 Å². The number of rotatable bonds is 6. The molecule has 0 saturated heterocycles. The van der Waals surface area contributed by atoms with Gasteiger partial charge >= 0.3 is 0 Å². The van der Waals surface area contributed by atoms with E-state index in [-0.39, 0.29) is 11.2 Å². The van der Waals surface area contributed by atoms with Crippen molar-refractivity contribution in [1.29, 1.82) is 5.26 Å². The minimum atomic E-state index is -0.539. The number of nitrogens with two attached hydrogens (primary N) is 1. The van der Waals surface area contributed by atoms with Crippen LogP contribution in [-0.2, 0) is 16.3 Å². The van der Waals surface area contributed by atoms with Gasteiger partial charge in [-0.1, -0.05) is 79.5 Å². The summed E-state index contributed by atoms with van der Waals surface area (Å²) in [6, 6.07) is 22.3. The Morgan fingerprint density at radius 1 is 1.00 bits per heavy atom. The zero-order chi connectivity index (χ0) is 29.5. The molecule has 2 aliphatic rings. The number of hydrogen-bond donors (Lipinski definition) is 1. The van der Waals surface area contributed by atoms with E-state index in [1.165, 1.54) is 16.7 Å². The SMILES string of the molecule is Cc1cc(C)c(C2C(C#N)=C(N)N(c3cc(Cl)cc(Cl)c3)C3=C2C(=O)CC(C)(C)C3)cc1CSCc1ccccc1. The molecule has 2 N–H and O–H groups in total. The number of benzene rings is 3. The number of thioether (sulfide) groups is 1. The first-order valence-corrected chi connectivity index (χ1v) is 15.5. The number of nitrogens with zero attached hydrogens (tertiary/aromatic N) is 2. The maximum atomic E-state index is 14.0. The molecule has 0 saturated carbocycles. The maximum absolute atomic E-state index is 14.0. The molecule has 210 valence electrons. The van der Waals surface area contributed by atoms with Crippen molar-refractivity contribution < 1.29 is 4.79 Å². The Morgan fingerprint density at radius 2 is 1.68 bits per heavy atom. The highest BCUT2D eigenvalue weighted by molar-refractivity contribution is 7.97. The normalized spacial score (nSPS) is 18.4. The fourth-order valence-electron chi connectivity index (χ4n) is 6.02. The van der Waals surface area contributed by atoms with Crippen LogP contribution in [-0.4, -0.2) is 5.78 Å². The molecule has 0 radical (unpaired) electrons. The van der Waals surface area contributed by atoms with Crippen LogP contribution in [0.1, 0.15) is 60.4 Å². The summed E-state index contributed by atoms with van der Waals surface area (Å²) in [5, 5.41) is 11.4. The van der Waals surface area contributed by atoms with Crippen molar-refractivity contribution in [2.75, 3.05) is 4.90 Å². The number of hydrogen-bond acceptors (Lipinski definition) is 5. The average molecular weight is 603 g/mol. The second kappa shape index (κ2) is 11.6. The lowest BCUT2D eigenvalue weighted by atomic mass is 9.68. The quantitative estimate of drug-likeness (QED) is 0.305. The number of halogens is 2. The number of aryl methyl sites for hydroxylation is 2. The molecule has 1 atom stereocenters. The largest absolute Gasteiger partial charge is 0.384 e. The van der Waals surface area contributed by atoms with Gasteiger partial charge in [0.05, 0.1) is 23.2 Å². The smallest absolute Gasteiger partial charge is 0.162 e. The summed E-state index contributed by atoms with van der Waals surface area (Å²) in [7, 11) is 0. The number of allylic oxidation sites excluding steroid dienone is 3. The minimum absolute atomic E-state index is 0.0413. The molecule has 5 rings (SSSR count). The third-order valence-electron chi connectivity index (χ3n) is 7.89. The van der Waals surface area contributed by atoms with Crippen molar-refractivity contribution >= 4 is 46.4 Å². The summed E-state index contributed by atoms with van der Waals surface area (Å²) < 4.78 is 0. The highest BCUT2D eigenvalue weighted by Crippen LogP contribution is 2.51. The average Bonchev–Trinajstić information content (AvgIpc) is 2.88. The first-order valence-electron chi connectivity index (χ1n) is 13.6. The Kier molecular flexibility index (Phi) is 8.30. The fourth-order valence-corrected chi connectivity index (χ4v) is 7.59. The summed E-state index contributed by atoms with van der Waals surface area (Å²) in [4.78, 5) is 15.8. The van der Waals surface area contributed by atoms with Crippen molar-refractivity contribution in [2.45, 2.75) is 58.0 Å². The lowest BCUT2D eigenvalue weighted by Gasteiger charge is -2.44. The molecule has 7 heteroatoms. The van der Waals surface area contributed by atoms with E-state index < -0.39 is 5.92 Å². The van der Waals surface area contributed by atoms with Crippen molar-refractivity contribution in [2.24, 2.45) is 11.1 Å². The van der Waals surface area contributed by atoms with Crippen molar-refractivity contribution in [1.82, 2.24) is 0 Å². The van der Waals surface area contributed by atoms with E-state index in [2.05, 4.69) is 70.2 Å². The van der Waals surface area contributed by atoms with Gasteiger partial charge in [-0.25, -0.2) is 0 Å². The van der Waals surface area contributed by atoms with Crippen LogP contribution in [0.15, 0.2) is 83.3 Å². The summed E-state index contributed by atoms with van der Waals surface area (Å²) >= 11 is 14.6. The van der Waals surface area contributed by atoms with Crippen LogP contribution in [0.5, 0.6) is 0 Å². The van der Waals surface area contributed by atoms with Gasteiger partial charge in [0.2, 0.25) is 0 Å². The predicted octanol–water partition coefficient (Wildman–Crippen LogP) is 8.98. The van der Waals surface area contributed by atoms with Gasteiger partial charge in [0.25, 0.3) is 0 Å². The van der Waals surface area contributed by atoms with Crippen LogP contribution < -0.4 is 10.6 Å². The van der Waals surface area contributed by atoms with E-state index >= 15 is 0 Å². The van der Waals surface area contributed by atoms with E-state index in [1.807, 2.05) is 22.7 Å². The van der Waals surface area contributed by atoms with Crippen LogP contribution in [0.25, 0.3) is 0 Å². The van der Waals surface area contributed by atoms with Gasteiger partial charge in [-0.2, -0.15) is 17.0 Å². The Balaban J connectivity index is 1.63. The molecule has 4 nitrogen and oxygen atoms in total. The van der Waals surface area contributed by atoms with E-state index in [0.29, 0.717) is 45.5 Å². The molecular formula is C34H33Cl2N3OS. The van der Waals surface area contributed by atoms with Crippen LogP contribution in [0.4, 0.5) is 5.69 Å². The lowest BCUT2D eigenvalue weighted by Crippen LogP contribution is -2.42. The molecule has 0 amide bonds. The standard InChI is InChI=1S/C34H33Cl2N3OS/c1-20-10-21(2)27(11-23(20)19-41-18-22-8-6-5-7-9-22)31-28(17-37)33(38)39(26-13-24(35)12-25(36)14-26)29-15-34(3,4)16-30(40)32(29)31/h5-14,31H,15-16,18-19,38H2,1-4H3. The maximum Gasteiger partial charge on any atom is 0.162 e. The number of carbonyl (C=O) groups is 1. The van der Waals surface area contributed by atoms with Crippen LogP contribution in [0.3, 0.4) is 0 Å². The molecule has 0 bridgehead atoms. The third kappa shape index (κ3) is 5.93. The van der Waals surface area contributed by atoms with E-state index in [0.717, 1.165) is 28.3 Å². The molecule has 1 aliphatic heterocycles. The Morgan fingerprint density at radius 3 is 2.34 bits per heavy atom. The highest BCUT2D eigenvalue weighted by Gasteiger charge is 2.45. The van der Waals surface area contributed by atoms with Gasteiger partial charge < -0.3 is 5.73 Å². The number of ketones is 1. The Labute approximate surface area is 256 Å². The Bertz CT molecular complexity index is 1620. The number of carbonyl (C=O) groups excluding carboxylic acids is 1. The summed E-state index contributed by atoms with van der Waals surface area (Å²) in [6.45, 7) is 8.35. The first-order chi connectivity index (χ1) is 19.5. The molecule has 0 fully saturated rings. The number of nitriles is 1. The van der Waals surface area contributed by atoms with Crippen molar-refractivity contribution in [3.8, 4) is 6.07 Å². The molecule has 3 aromatic carbocycles. The minimum Gasteiger partial charge on any atom is -0.384 e. The molecule has 0 spiro atoms. The molecule has 1 heterocycles. The second-order valence-corrected chi connectivity index (χ2v) is 13.6. The number of anilines is 1. The highest BCUT2D eigenvalue weighted by atomic mass is 35.5. The summed E-state index contributed by atoms with van der Waals surface area (Å²) in [6.07, 6.45) is 1.02. The Hall–Kier alpha value is -3.17. The zero-order valence-electron chi connectivity index (χ0n) is 23.7. The van der Waals surface area contributed by atoms with Crippen molar-refractivity contribution in [3.63, 3.8) is 0 Å². The van der Waals surface area contributed by atoms with Gasteiger partial charge in [0.15, 0.2) is 5.78 Å². The van der Waals surface area contributed by atoms with Gasteiger partial charge in [0, 0.05) is 39.2 Å². The molecule has 1 unspecified atom stereocenters. The molecule has 0 aromatic heterocycles. The van der Waals surface area contributed by atoms with Crippen LogP contribution in [0, 0.1) is 30.6 Å². The lowest BCUT2D eigenvalue weighted by molar-refractivity contribution is -0.118. The van der Waals surface area contributed by atoms with Crippen LogP contribution in [0.2, 0.25) is 10.0 Å². The molecule has 1 aliphatic carbocycles. The first kappa shape index (κ1) is 29.3. The van der Waals surface area contributed by atoms with Crippen LogP contribution >= 0.6 is 35.0 Å². The van der Waals surface area contributed by atoms with Gasteiger partial charge in [-0.15, -0.1) is 0 Å². The molecule has 41 heavy (non-hydrogen) atoms. The molecular weight excluding hydrogens is 569 g/mol. The summed E-state index contributed by atoms with van der Waals surface area (Å²) in [5.74, 6) is 1.54. The number of Topliss-reactive ketones (excluding diaryl/α,β-unsaturated/α-hetero) is 1. The van der Waals surface area contributed by atoms with E-state index in [1.54, 1.807) is 18.2 Å². The predicted molar refractivity (Wildman–Crippen MR) is 171 cm³/mol.